The molecule has 0 unspecified atom stereocenters. The number of thiazole rings is 1. The van der Waals surface area contributed by atoms with E-state index in [2.05, 4.69) is 0 Å². The highest BCUT2D eigenvalue weighted by molar-refractivity contribution is 7.73. The molecule has 0 amide bonds. The molecule has 5 heteroatoms. The van der Waals surface area contributed by atoms with Gasteiger partial charge in [0.25, 0.3) is 0 Å². The zero-order valence-corrected chi connectivity index (χ0v) is 14.0. The number of aromatic nitrogens is 1. The molecule has 0 spiro atoms. The Morgan fingerprint density at radius 2 is 1.75 bits per heavy atom. The molecule has 2 aromatic rings. The van der Waals surface area contributed by atoms with Crippen molar-refractivity contribution in [1.29, 1.82) is 0 Å². The van der Waals surface area contributed by atoms with E-state index in [4.69, 9.17) is 21.8 Å². The van der Waals surface area contributed by atoms with Crippen LogP contribution in [0.4, 0.5) is 0 Å². The van der Waals surface area contributed by atoms with Gasteiger partial charge in [-0.25, -0.2) is 0 Å². The van der Waals surface area contributed by atoms with Crippen LogP contribution >= 0.6 is 23.6 Å². The minimum Gasteiger partial charge on any atom is -0.497 e. The molecule has 0 bridgehead atoms. The molecular formula is C15H19NO2S2. The van der Waals surface area contributed by atoms with Gasteiger partial charge in [-0.3, -0.25) is 0 Å². The van der Waals surface area contributed by atoms with Gasteiger partial charge in [-0.05, 0) is 69.7 Å². The summed E-state index contributed by atoms with van der Waals surface area (Å²) in [7, 11) is 1.66. The van der Waals surface area contributed by atoms with Crippen molar-refractivity contribution >= 4 is 23.6 Å². The van der Waals surface area contributed by atoms with Crippen LogP contribution in [0.15, 0.2) is 24.3 Å². The molecule has 0 N–H and O–H groups in total. The second-order valence-corrected chi connectivity index (χ2v) is 7.15. The molecule has 1 aromatic heterocycles. The molecule has 0 aliphatic rings. The quantitative estimate of drug-likeness (QED) is 0.780. The van der Waals surface area contributed by atoms with Crippen LogP contribution < -0.4 is 9.57 Å². The van der Waals surface area contributed by atoms with Gasteiger partial charge in [-0.1, -0.05) is 0 Å². The van der Waals surface area contributed by atoms with Gasteiger partial charge in [-0.15, -0.1) is 11.3 Å². The zero-order chi connectivity index (χ0) is 14.9. The largest absolute Gasteiger partial charge is 0.497 e. The first-order chi connectivity index (χ1) is 9.31. The maximum absolute atomic E-state index is 5.91. The molecule has 20 heavy (non-hydrogen) atoms. The third kappa shape index (κ3) is 3.22. The number of nitrogens with zero attached hydrogens (tertiary/aromatic N) is 1. The molecule has 1 heterocycles. The Balaban J connectivity index is 2.43. The molecule has 3 nitrogen and oxygen atoms in total. The highest BCUT2D eigenvalue weighted by Gasteiger charge is 2.18. The first kappa shape index (κ1) is 15.1. The van der Waals surface area contributed by atoms with Crippen LogP contribution in [0, 0.1) is 10.9 Å². The molecule has 0 atom stereocenters. The van der Waals surface area contributed by atoms with Gasteiger partial charge in [0, 0.05) is 0 Å². The minimum atomic E-state index is -0.277. The average Bonchev–Trinajstić information content (AvgIpc) is 2.65. The van der Waals surface area contributed by atoms with Gasteiger partial charge in [0.05, 0.1) is 17.7 Å². The SMILES string of the molecule is COc1ccc(-c2sc(=S)n(OC(C)(C)C)c2C)cc1. The van der Waals surface area contributed by atoms with Crippen molar-refractivity contribution in [2.45, 2.75) is 33.3 Å². The lowest BCUT2D eigenvalue weighted by molar-refractivity contribution is -0.0183. The number of ether oxygens (including phenoxy) is 1. The summed E-state index contributed by atoms with van der Waals surface area (Å²) < 4.78 is 7.66. The summed E-state index contributed by atoms with van der Waals surface area (Å²) in [6.45, 7) is 8.06. The van der Waals surface area contributed by atoms with E-state index < -0.39 is 0 Å². The van der Waals surface area contributed by atoms with Crippen LogP contribution in [0.3, 0.4) is 0 Å². The van der Waals surface area contributed by atoms with Gasteiger partial charge < -0.3 is 9.57 Å². The normalized spacial score (nSPS) is 11.4. The van der Waals surface area contributed by atoms with Crippen LogP contribution in [0.2, 0.25) is 0 Å². The minimum absolute atomic E-state index is 0.277. The van der Waals surface area contributed by atoms with E-state index in [1.807, 2.05) is 52.0 Å². The number of hydrogen-bond donors (Lipinski definition) is 0. The fourth-order valence-corrected chi connectivity index (χ4v) is 3.16. The Bertz CT molecular complexity index is 648. The molecule has 0 fully saturated rings. The maximum atomic E-state index is 5.91. The first-order valence-electron chi connectivity index (χ1n) is 6.38. The van der Waals surface area contributed by atoms with E-state index in [0.29, 0.717) is 0 Å². The number of hydrogen-bond acceptors (Lipinski definition) is 4. The van der Waals surface area contributed by atoms with Crippen molar-refractivity contribution in [2.24, 2.45) is 0 Å². The summed E-state index contributed by atoms with van der Waals surface area (Å²) in [6, 6.07) is 7.97. The highest BCUT2D eigenvalue weighted by Crippen LogP contribution is 2.31. The Morgan fingerprint density at radius 3 is 2.25 bits per heavy atom. The lowest BCUT2D eigenvalue weighted by atomic mass is 10.1. The van der Waals surface area contributed by atoms with Crippen molar-refractivity contribution in [2.75, 3.05) is 7.11 Å². The summed E-state index contributed by atoms with van der Waals surface area (Å²) in [6.07, 6.45) is 0. The Labute approximate surface area is 128 Å². The number of methoxy groups -OCH3 is 1. The predicted octanol–water partition coefficient (Wildman–Crippen LogP) is 4.49. The van der Waals surface area contributed by atoms with Gasteiger partial charge in [0.2, 0.25) is 0 Å². The van der Waals surface area contributed by atoms with E-state index in [0.717, 1.165) is 25.8 Å². The van der Waals surface area contributed by atoms with E-state index in [1.54, 1.807) is 23.2 Å². The van der Waals surface area contributed by atoms with Gasteiger partial charge in [-0.2, -0.15) is 4.73 Å². The molecular weight excluding hydrogens is 290 g/mol. The topological polar surface area (TPSA) is 23.4 Å². The second kappa shape index (κ2) is 5.58. The summed E-state index contributed by atoms with van der Waals surface area (Å²) in [5, 5.41) is 0. The Kier molecular flexibility index (Phi) is 4.20. The second-order valence-electron chi connectivity index (χ2n) is 5.51. The number of rotatable bonds is 3. The van der Waals surface area contributed by atoms with E-state index in [1.165, 1.54) is 0 Å². The average molecular weight is 309 g/mol. The Hall–Kier alpha value is -1.33. The molecule has 0 aliphatic heterocycles. The monoisotopic (exact) mass is 309 g/mol. The van der Waals surface area contributed by atoms with Crippen LogP contribution in [-0.2, 0) is 0 Å². The van der Waals surface area contributed by atoms with Crippen molar-refractivity contribution in [1.82, 2.24) is 4.73 Å². The summed E-state index contributed by atoms with van der Waals surface area (Å²) in [4.78, 5) is 7.04. The lowest BCUT2D eigenvalue weighted by Crippen LogP contribution is -2.31. The van der Waals surface area contributed by atoms with Gasteiger partial charge in [0.1, 0.15) is 11.4 Å². The van der Waals surface area contributed by atoms with Gasteiger partial charge >= 0.3 is 0 Å². The zero-order valence-electron chi connectivity index (χ0n) is 12.4. The Morgan fingerprint density at radius 1 is 1.15 bits per heavy atom. The predicted molar refractivity (Wildman–Crippen MR) is 86.2 cm³/mol. The van der Waals surface area contributed by atoms with E-state index >= 15 is 0 Å². The number of benzene rings is 1. The van der Waals surface area contributed by atoms with Crippen LogP contribution in [0.1, 0.15) is 26.5 Å². The summed E-state index contributed by atoms with van der Waals surface area (Å²) in [5.74, 6) is 0.848. The van der Waals surface area contributed by atoms with Crippen LogP contribution in [-0.4, -0.2) is 17.4 Å². The van der Waals surface area contributed by atoms with Crippen molar-refractivity contribution in [3.63, 3.8) is 0 Å². The summed E-state index contributed by atoms with van der Waals surface area (Å²) >= 11 is 6.97. The van der Waals surface area contributed by atoms with Crippen molar-refractivity contribution in [3.8, 4) is 16.2 Å². The van der Waals surface area contributed by atoms with E-state index in [9.17, 15) is 0 Å². The molecule has 2 rings (SSSR count). The third-order valence-electron chi connectivity index (χ3n) is 2.71. The highest BCUT2D eigenvalue weighted by atomic mass is 32.1. The summed E-state index contributed by atoms with van der Waals surface area (Å²) in [5.41, 5.74) is 1.87. The van der Waals surface area contributed by atoms with Crippen LogP contribution in [0.25, 0.3) is 10.4 Å². The fourth-order valence-electron chi connectivity index (χ4n) is 1.82. The van der Waals surface area contributed by atoms with E-state index in [-0.39, 0.29) is 5.60 Å². The standard InChI is InChI=1S/C15H19NO2S2/c1-10-13(11-6-8-12(17-5)9-7-11)20-14(19)16(10)18-15(2,3)4/h6-9H,1-5H3. The van der Waals surface area contributed by atoms with Gasteiger partial charge in [0.15, 0.2) is 3.95 Å². The van der Waals surface area contributed by atoms with Crippen molar-refractivity contribution in [3.05, 3.63) is 33.9 Å². The fraction of sp³-hybridized carbons (Fsp3) is 0.400. The molecule has 108 valence electrons. The van der Waals surface area contributed by atoms with Crippen molar-refractivity contribution < 1.29 is 9.57 Å². The lowest BCUT2D eigenvalue weighted by Gasteiger charge is -2.22. The molecule has 0 saturated carbocycles. The van der Waals surface area contributed by atoms with Crippen LogP contribution in [0.5, 0.6) is 5.75 Å². The maximum Gasteiger partial charge on any atom is 0.197 e. The molecule has 0 radical (unpaired) electrons. The smallest absolute Gasteiger partial charge is 0.197 e. The molecule has 0 aliphatic carbocycles. The first-order valence-corrected chi connectivity index (χ1v) is 7.60. The molecule has 1 aromatic carbocycles. The third-order valence-corrected chi connectivity index (χ3v) is 4.20. The molecule has 0 saturated heterocycles.